The quantitative estimate of drug-likeness (QED) is 0.705. The van der Waals surface area contributed by atoms with Gasteiger partial charge in [0.25, 0.3) is 0 Å². The summed E-state index contributed by atoms with van der Waals surface area (Å²) in [7, 11) is 8.11. The van der Waals surface area contributed by atoms with Gasteiger partial charge in [-0.25, -0.2) is 4.79 Å². The Balaban J connectivity index is 1.59. The highest BCUT2D eigenvalue weighted by molar-refractivity contribution is 5.75. The van der Waals surface area contributed by atoms with Gasteiger partial charge in [0.2, 0.25) is 0 Å². The number of urea groups is 1. The number of rotatable bonds is 6. The van der Waals surface area contributed by atoms with E-state index in [-0.39, 0.29) is 30.3 Å². The van der Waals surface area contributed by atoms with Crippen LogP contribution < -0.4 is 20.4 Å². The topological polar surface area (TPSA) is 66.1 Å². The summed E-state index contributed by atoms with van der Waals surface area (Å²) in [6, 6.07) is 16.2. The first-order chi connectivity index (χ1) is 15.6. The molecule has 0 aromatic heterocycles. The van der Waals surface area contributed by atoms with Crippen molar-refractivity contribution in [1.82, 2.24) is 10.6 Å². The minimum atomic E-state index is -0.716. The fourth-order valence-corrected chi connectivity index (χ4v) is 4.75. The van der Waals surface area contributed by atoms with Crippen molar-refractivity contribution in [3.63, 3.8) is 0 Å². The number of anilines is 2. The lowest BCUT2D eigenvalue weighted by atomic mass is 9.92. The molecule has 2 aromatic rings. The van der Waals surface area contributed by atoms with Crippen LogP contribution in [0.3, 0.4) is 0 Å². The van der Waals surface area contributed by atoms with E-state index in [1.165, 1.54) is 0 Å². The second kappa shape index (κ2) is 9.23. The molecule has 2 aliphatic rings. The van der Waals surface area contributed by atoms with Gasteiger partial charge in [0.1, 0.15) is 12.2 Å². The molecule has 33 heavy (non-hydrogen) atoms. The van der Waals surface area contributed by atoms with Crippen molar-refractivity contribution in [2.75, 3.05) is 38.0 Å². The van der Waals surface area contributed by atoms with Crippen LogP contribution in [0.25, 0.3) is 0 Å². The van der Waals surface area contributed by atoms with E-state index in [0.29, 0.717) is 12.8 Å². The molecule has 0 unspecified atom stereocenters. The first-order valence-corrected chi connectivity index (χ1v) is 11.6. The average molecular weight is 453 g/mol. The van der Waals surface area contributed by atoms with Crippen molar-refractivity contribution in [2.45, 2.75) is 56.8 Å². The number of fused-ring (bicyclic) bond motifs is 1. The summed E-state index contributed by atoms with van der Waals surface area (Å²) in [4.78, 5) is 17.0. The van der Waals surface area contributed by atoms with Crippen molar-refractivity contribution < 1.29 is 14.3 Å². The maximum absolute atomic E-state index is 12.9. The molecule has 4 rings (SSSR count). The van der Waals surface area contributed by atoms with Crippen molar-refractivity contribution in [3.8, 4) is 0 Å². The molecule has 0 saturated carbocycles. The summed E-state index contributed by atoms with van der Waals surface area (Å²) in [5.41, 5.74) is 4.56. The highest BCUT2D eigenvalue weighted by Crippen LogP contribution is 2.35. The molecule has 0 radical (unpaired) electrons. The van der Waals surface area contributed by atoms with E-state index in [4.69, 9.17) is 9.47 Å². The molecule has 178 valence electrons. The van der Waals surface area contributed by atoms with Gasteiger partial charge in [0.05, 0.1) is 12.1 Å². The van der Waals surface area contributed by atoms with E-state index in [1.807, 2.05) is 42.0 Å². The number of nitrogens with one attached hydrogen (secondary N) is 2. The minimum absolute atomic E-state index is 0.183. The Morgan fingerprint density at radius 2 is 1.21 bits per heavy atom. The van der Waals surface area contributed by atoms with Gasteiger partial charge in [-0.05, 0) is 62.1 Å². The Morgan fingerprint density at radius 1 is 0.788 bits per heavy atom. The van der Waals surface area contributed by atoms with Crippen LogP contribution in [-0.2, 0) is 22.3 Å². The minimum Gasteiger partial charge on any atom is -0.378 e. The van der Waals surface area contributed by atoms with Crippen LogP contribution in [-0.4, -0.2) is 64.3 Å². The molecule has 2 amide bonds. The standard InChI is InChI=1S/C26H36N4O3/c1-26(2)32-23-21(15-17-9-7-11-19(13-17)29(3)4)27-25(31)28-22(24(23)33-26)16-18-10-8-12-20(14-18)30(5)6/h7-14,21-24H,15-16H2,1-6H3,(H2,27,28,31)/t21-,22-,23+,24+/m1/s1. The Kier molecular flexibility index (Phi) is 6.54. The molecule has 2 fully saturated rings. The predicted octanol–water partition coefficient (Wildman–Crippen LogP) is 3.17. The zero-order valence-corrected chi connectivity index (χ0v) is 20.5. The molecule has 2 aliphatic heterocycles. The smallest absolute Gasteiger partial charge is 0.315 e. The van der Waals surface area contributed by atoms with E-state index in [0.717, 1.165) is 22.5 Å². The predicted molar refractivity (Wildman–Crippen MR) is 132 cm³/mol. The van der Waals surface area contributed by atoms with Gasteiger partial charge < -0.3 is 29.9 Å². The van der Waals surface area contributed by atoms with Gasteiger partial charge in [0, 0.05) is 39.6 Å². The SMILES string of the molecule is CN(C)c1cccc(C[C@H]2NC(=O)N[C@H](Cc3cccc(N(C)C)c3)[C@@H]3OC(C)(C)O[C@H]32)c1. The molecule has 7 heteroatoms. The van der Waals surface area contributed by atoms with Gasteiger partial charge in [0.15, 0.2) is 5.79 Å². The molecule has 2 aromatic carbocycles. The molecular weight excluding hydrogens is 416 g/mol. The highest BCUT2D eigenvalue weighted by atomic mass is 16.8. The Labute approximate surface area is 197 Å². The highest BCUT2D eigenvalue weighted by Gasteiger charge is 2.50. The zero-order chi connectivity index (χ0) is 23.8. The van der Waals surface area contributed by atoms with Crippen LogP contribution in [0.4, 0.5) is 16.2 Å². The summed E-state index contributed by atoms with van der Waals surface area (Å²) in [5.74, 6) is -0.716. The summed E-state index contributed by atoms with van der Waals surface area (Å²) in [6.45, 7) is 3.88. The van der Waals surface area contributed by atoms with Crippen molar-refractivity contribution in [1.29, 1.82) is 0 Å². The summed E-state index contributed by atoms with van der Waals surface area (Å²) in [5, 5.41) is 6.31. The molecule has 2 heterocycles. The number of amides is 2. The summed E-state index contributed by atoms with van der Waals surface area (Å²) < 4.78 is 12.8. The lowest BCUT2D eigenvalue weighted by Crippen LogP contribution is -2.47. The molecule has 2 saturated heterocycles. The fourth-order valence-electron chi connectivity index (χ4n) is 4.75. The maximum Gasteiger partial charge on any atom is 0.315 e. The molecule has 0 aliphatic carbocycles. The Bertz CT molecular complexity index is 916. The van der Waals surface area contributed by atoms with Crippen LogP contribution in [0.5, 0.6) is 0 Å². The van der Waals surface area contributed by atoms with Crippen LogP contribution in [0.1, 0.15) is 25.0 Å². The lowest BCUT2D eigenvalue weighted by molar-refractivity contribution is -0.150. The Hall–Kier alpha value is -2.77. The number of ether oxygens (including phenoxy) is 2. The molecule has 0 bridgehead atoms. The van der Waals surface area contributed by atoms with E-state index >= 15 is 0 Å². The van der Waals surface area contributed by atoms with Crippen LogP contribution in [0, 0.1) is 0 Å². The molecular formula is C26H36N4O3. The molecule has 4 atom stereocenters. The van der Waals surface area contributed by atoms with Crippen LogP contribution in [0.15, 0.2) is 48.5 Å². The number of nitrogens with zero attached hydrogens (tertiary/aromatic N) is 2. The number of hydrogen-bond donors (Lipinski definition) is 2. The molecule has 7 nitrogen and oxygen atoms in total. The second-order valence-electron chi connectivity index (χ2n) is 9.93. The number of carbonyl (C=O) groups excluding carboxylic acids is 1. The average Bonchev–Trinajstić information content (AvgIpc) is 3.03. The third kappa shape index (κ3) is 5.42. The van der Waals surface area contributed by atoms with E-state index < -0.39 is 5.79 Å². The molecule has 2 N–H and O–H groups in total. The van der Waals surface area contributed by atoms with E-state index in [2.05, 4.69) is 69.0 Å². The van der Waals surface area contributed by atoms with Gasteiger partial charge in [-0.1, -0.05) is 24.3 Å². The van der Waals surface area contributed by atoms with Gasteiger partial charge >= 0.3 is 6.03 Å². The van der Waals surface area contributed by atoms with Crippen molar-refractivity contribution in [3.05, 3.63) is 59.7 Å². The third-order valence-corrected chi connectivity index (χ3v) is 6.35. The van der Waals surface area contributed by atoms with Crippen LogP contribution in [0.2, 0.25) is 0 Å². The zero-order valence-electron chi connectivity index (χ0n) is 20.5. The van der Waals surface area contributed by atoms with Crippen LogP contribution >= 0.6 is 0 Å². The van der Waals surface area contributed by atoms with Crippen molar-refractivity contribution in [2.24, 2.45) is 0 Å². The monoisotopic (exact) mass is 452 g/mol. The van der Waals surface area contributed by atoms with Gasteiger partial charge in [-0.3, -0.25) is 0 Å². The van der Waals surface area contributed by atoms with E-state index in [9.17, 15) is 4.79 Å². The first-order valence-electron chi connectivity index (χ1n) is 11.6. The fraction of sp³-hybridized carbons (Fsp3) is 0.500. The summed E-state index contributed by atoms with van der Waals surface area (Å²) in [6.07, 6.45) is 0.810. The van der Waals surface area contributed by atoms with Crippen molar-refractivity contribution >= 4 is 17.4 Å². The Morgan fingerprint density at radius 3 is 1.61 bits per heavy atom. The summed E-state index contributed by atoms with van der Waals surface area (Å²) >= 11 is 0. The largest absolute Gasteiger partial charge is 0.378 e. The number of carbonyl (C=O) groups is 1. The lowest BCUT2D eigenvalue weighted by Gasteiger charge is -2.27. The normalized spacial score (nSPS) is 26.1. The maximum atomic E-state index is 12.9. The second-order valence-corrected chi connectivity index (χ2v) is 9.93. The first kappa shape index (κ1) is 23.4. The molecule has 0 spiro atoms. The number of benzene rings is 2. The number of hydrogen-bond acceptors (Lipinski definition) is 5. The van der Waals surface area contributed by atoms with E-state index in [1.54, 1.807) is 0 Å². The van der Waals surface area contributed by atoms with Gasteiger partial charge in [-0.2, -0.15) is 0 Å². The van der Waals surface area contributed by atoms with Gasteiger partial charge in [-0.15, -0.1) is 0 Å². The third-order valence-electron chi connectivity index (χ3n) is 6.35.